The van der Waals surface area contributed by atoms with Gasteiger partial charge in [0.25, 0.3) is 0 Å². The van der Waals surface area contributed by atoms with Crippen LogP contribution in [0.5, 0.6) is 0 Å². The van der Waals surface area contributed by atoms with Crippen molar-refractivity contribution in [2.75, 3.05) is 20.2 Å². The summed E-state index contributed by atoms with van der Waals surface area (Å²) in [6, 6.07) is 7.27. The van der Waals surface area contributed by atoms with E-state index in [9.17, 15) is 4.39 Å². The van der Waals surface area contributed by atoms with Gasteiger partial charge in [-0.2, -0.15) is 0 Å². The third-order valence-corrected chi connectivity index (χ3v) is 6.30. The standard InChI is InChI=1S/C20H28FN3O/c1-3-22-19(24(2)13-14-6-4-7-15(21)12-14)23-17-16-8-11-25-18(16)20(17)9-5-10-20/h4,6-7,12,16-18H,3,5,8-11,13H2,1-2H3,(H,22,23). The molecule has 1 aliphatic heterocycles. The highest BCUT2D eigenvalue weighted by atomic mass is 19.1. The van der Waals surface area contributed by atoms with Crippen LogP contribution in [0.3, 0.4) is 0 Å². The smallest absolute Gasteiger partial charge is 0.194 e. The number of hydrogen-bond acceptors (Lipinski definition) is 2. The summed E-state index contributed by atoms with van der Waals surface area (Å²) in [5.74, 6) is 1.35. The Bertz CT molecular complexity index is 658. The van der Waals surface area contributed by atoms with Gasteiger partial charge in [-0.05, 0) is 43.9 Å². The molecule has 3 fully saturated rings. The maximum atomic E-state index is 13.5. The molecule has 4 rings (SSSR count). The van der Waals surface area contributed by atoms with Gasteiger partial charge in [0, 0.05) is 44.1 Å². The number of benzene rings is 1. The predicted molar refractivity (Wildman–Crippen MR) is 96.9 cm³/mol. The van der Waals surface area contributed by atoms with Gasteiger partial charge in [0.15, 0.2) is 5.96 Å². The van der Waals surface area contributed by atoms with Crippen LogP contribution < -0.4 is 5.32 Å². The summed E-state index contributed by atoms with van der Waals surface area (Å²) >= 11 is 0. The van der Waals surface area contributed by atoms with Crippen molar-refractivity contribution in [2.24, 2.45) is 16.3 Å². The lowest BCUT2D eigenvalue weighted by molar-refractivity contribution is -0.171. The quantitative estimate of drug-likeness (QED) is 0.673. The van der Waals surface area contributed by atoms with Crippen LogP contribution in [0.4, 0.5) is 4.39 Å². The van der Waals surface area contributed by atoms with E-state index in [1.54, 1.807) is 12.1 Å². The molecule has 1 aromatic carbocycles. The first kappa shape index (κ1) is 16.8. The van der Waals surface area contributed by atoms with E-state index in [4.69, 9.17) is 9.73 Å². The van der Waals surface area contributed by atoms with Crippen LogP contribution in [-0.4, -0.2) is 43.2 Å². The summed E-state index contributed by atoms with van der Waals surface area (Å²) < 4.78 is 19.5. The number of guanidine groups is 1. The fraction of sp³-hybridized carbons (Fsp3) is 0.650. The Balaban J connectivity index is 1.47. The van der Waals surface area contributed by atoms with Crippen molar-refractivity contribution >= 4 is 5.96 Å². The molecule has 1 spiro atoms. The van der Waals surface area contributed by atoms with E-state index in [0.717, 1.165) is 31.1 Å². The van der Waals surface area contributed by atoms with Crippen molar-refractivity contribution < 1.29 is 9.13 Å². The number of ether oxygens (including phenoxy) is 1. The highest BCUT2D eigenvalue weighted by Gasteiger charge is 2.66. The van der Waals surface area contributed by atoms with Crippen molar-refractivity contribution in [2.45, 2.75) is 51.3 Å². The van der Waals surface area contributed by atoms with Gasteiger partial charge < -0.3 is 15.0 Å². The molecule has 0 aromatic heterocycles. The third-order valence-electron chi connectivity index (χ3n) is 6.30. The van der Waals surface area contributed by atoms with Crippen LogP contribution in [0.15, 0.2) is 29.3 Å². The molecule has 4 nitrogen and oxygen atoms in total. The van der Waals surface area contributed by atoms with Crippen LogP contribution >= 0.6 is 0 Å². The molecular weight excluding hydrogens is 317 g/mol. The average molecular weight is 345 g/mol. The second-order valence-electron chi connectivity index (χ2n) is 7.74. The minimum atomic E-state index is -0.189. The Morgan fingerprint density at radius 3 is 2.96 bits per heavy atom. The zero-order chi connectivity index (χ0) is 17.4. The molecule has 0 radical (unpaired) electrons. The summed E-state index contributed by atoms with van der Waals surface area (Å²) in [6.45, 7) is 4.34. The summed E-state index contributed by atoms with van der Waals surface area (Å²) in [6.07, 6.45) is 5.44. The monoisotopic (exact) mass is 345 g/mol. The Kier molecular flexibility index (Phi) is 4.44. The number of hydrogen-bond donors (Lipinski definition) is 1. The lowest BCUT2D eigenvalue weighted by Gasteiger charge is -2.63. The third kappa shape index (κ3) is 2.82. The van der Waals surface area contributed by atoms with E-state index in [0.29, 0.717) is 30.0 Å². The molecule has 1 aromatic rings. The van der Waals surface area contributed by atoms with E-state index >= 15 is 0 Å². The van der Waals surface area contributed by atoms with Crippen LogP contribution in [0.25, 0.3) is 0 Å². The maximum absolute atomic E-state index is 13.5. The number of aliphatic imine (C=N–C) groups is 1. The van der Waals surface area contributed by atoms with Crippen molar-refractivity contribution in [1.82, 2.24) is 10.2 Å². The molecule has 2 aliphatic carbocycles. The molecule has 2 saturated carbocycles. The first-order chi connectivity index (χ1) is 12.1. The van der Waals surface area contributed by atoms with Gasteiger partial charge in [-0.15, -0.1) is 0 Å². The molecule has 3 unspecified atom stereocenters. The Morgan fingerprint density at radius 2 is 2.28 bits per heavy atom. The fourth-order valence-corrected chi connectivity index (χ4v) is 5.01. The lowest BCUT2D eigenvalue weighted by Crippen LogP contribution is -2.72. The van der Waals surface area contributed by atoms with Crippen molar-refractivity contribution in [1.29, 1.82) is 0 Å². The Hall–Kier alpha value is -1.62. The van der Waals surface area contributed by atoms with Gasteiger partial charge in [-0.3, -0.25) is 4.99 Å². The molecular formula is C20H28FN3O. The summed E-state index contributed by atoms with van der Waals surface area (Å²) in [5.41, 5.74) is 1.29. The number of fused-ring (bicyclic) bond motifs is 2. The number of halogens is 1. The van der Waals surface area contributed by atoms with E-state index in [1.807, 2.05) is 13.1 Å². The number of nitrogens with one attached hydrogen (secondary N) is 1. The van der Waals surface area contributed by atoms with Crippen molar-refractivity contribution in [3.8, 4) is 0 Å². The topological polar surface area (TPSA) is 36.9 Å². The SMILES string of the molecule is CCN=C(NC1C2CCOC2C12CCC2)N(C)Cc1cccc(F)c1. The van der Waals surface area contributed by atoms with E-state index in [-0.39, 0.29) is 5.82 Å². The summed E-state index contributed by atoms with van der Waals surface area (Å²) in [4.78, 5) is 6.80. The van der Waals surface area contributed by atoms with Crippen LogP contribution in [0.2, 0.25) is 0 Å². The van der Waals surface area contributed by atoms with Gasteiger partial charge in [-0.1, -0.05) is 18.6 Å². The van der Waals surface area contributed by atoms with Gasteiger partial charge in [0.05, 0.1) is 6.10 Å². The minimum absolute atomic E-state index is 0.189. The molecule has 3 atom stereocenters. The largest absolute Gasteiger partial charge is 0.377 e. The lowest BCUT2D eigenvalue weighted by atomic mass is 9.46. The normalized spacial score (nSPS) is 29.7. The first-order valence-electron chi connectivity index (χ1n) is 9.52. The molecule has 3 aliphatic rings. The van der Waals surface area contributed by atoms with E-state index in [2.05, 4.69) is 17.1 Å². The number of nitrogens with zero attached hydrogens (tertiary/aromatic N) is 2. The van der Waals surface area contributed by atoms with Gasteiger partial charge in [0.2, 0.25) is 0 Å². The molecule has 0 amide bonds. The fourth-order valence-electron chi connectivity index (χ4n) is 5.01. The number of rotatable bonds is 4. The predicted octanol–water partition coefficient (Wildman–Crippen LogP) is 3.18. The van der Waals surface area contributed by atoms with Crippen LogP contribution in [0.1, 0.15) is 38.2 Å². The Labute approximate surface area is 149 Å². The molecule has 1 saturated heterocycles. The molecule has 136 valence electrons. The summed E-state index contributed by atoms with van der Waals surface area (Å²) in [5, 5.41) is 3.76. The zero-order valence-corrected chi connectivity index (χ0v) is 15.2. The molecule has 5 heteroatoms. The molecule has 25 heavy (non-hydrogen) atoms. The van der Waals surface area contributed by atoms with Gasteiger partial charge >= 0.3 is 0 Å². The van der Waals surface area contributed by atoms with E-state index < -0.39 is 0 Å². The molecule has 1 heterocycles. The van der Waals surface area contributed by atoms with Crippen LogP contribution in [-0.2, 0) is 11.3 Å². The second-order valence-corrected chi connectivity index (χ2v) is 7.74. The first-order valence-corrected chi connectivity index (χ1v) is 9.52. The van der Waals surface area contributed by atoms with Gasteiger partial charge in [0.1, 0.15) is 5.82 Å². The Morgan fingerprint density at radius 1 is 1.44 bits per heavy atom. The van der Waals surface area contributed by atoms with Crippen molar-refractivity contribution in [3.05, 3.63) is 35.6 Å². The van der Waals surface area contributed by atoms with E-state index in [1.165, 1.54) is 25.3 Å². The highest BCUT2D eigenvalue weighted by molar-refractivity contribution is 5.80. The molecule has 0 bridgehead atoms. The van der Waals surface area contributed by atoms with Crippen LogP contribution in [0, 0.1) is 17.2 Å². The van der Waals surface area contributed by atoms with Gasteiger partial charge in [-0.25, -0.2) is 4.39 Å². The highest BCUT2D eigenvalue weighted by Crippen LogP contribution is 2.62. The summed E-state index contributed by atoms with van der Waals surface area (Å²) in [7, 11) is 2.03. The van der Waals surface area contributed by atoms with Crippen molar-refractivity contribution in [3.63, 3.8) is 0 Å². The second kappa shape index (κ2) is 6.60. The average Bonchev–Trinajstić information content (AvgIpc) is 2.95. The minimum Gasteiger partial charge on any atom is -0.377 e. The molecule has 1 N–H and O–H groups in total. The zero-order valence-electron chi connectivity index (χ0n) is 15.2. The maximum Gasteiger partial charge on any atom is 0.194 e.